The number of fused-ring (bicyclic) bond motifs is 1. The van der Waals surface area contributed by atoms with Gasteiger partial charge in [0.05, 0.1) is 5.56 Å². The minimum absolute atomic E-state index is 0.0134. The monoisotopic (exact) mass is 386 g/mol. The number of anilines is 1. The van der Waals surface area contributed by atoms with E-state index in [1.807, 2.05) is 49.4 Å². The van der Waals surface area contributed by atoms with Gasteiger partial charge in [-0.05, 0) is 37.3 Å². The zero-order chi connectivity index (χ0) is 20.4. The molecule has 1 aromatic heterocycles. The molecule has 4 nitrogen and oxygen atoms in total. The number of halogens is 1. The summed E-state index contributed by atoms with van der Waals surface area (Å²) < 4.78 is 15.8. The van der Waals surface area contributed by atoms with Gasteiger partial charge in [-0.15, -0.1) is 0 Å². The molecule has 1 amide bonds. The van der Waals surface area contributed by atoms with E-state index in [-0.39, 0.29) is 18.0 Å². The van der Waals surface area contributed by atoms with Crippen LogP contribution in [0.3, 0.4) is 0 Å². The Morgan fingerprint density at radius 3 is 2.34 bits per heavy atom. The molecule has 29 heavy (non-hydrogen) atoms. The van der Waals surface area contributed by atoms with Gasteiger partial charge >= 0.3 is 0 Å². The van der Waals surface area contributed by atoms with Crippen LogP contribution in [0.4, 0.5) is 10.1 Å². The van der Waals surface area contributed by atoms with Crippen molar-refractivity contribution in [3.05, 3.63) is 102 Å². The van der Waals surface area contributed by atoms with Crippen molar-refractivity contribution in [2.75, 3.05) is 5.32 Å². The second kappa shape index (κ2) is 7.72. The number of ketones is 1. The molecule has 0 radical (unpaired) electrons. The standard InChI is InChI=1S/C24H19FN2O2/c1-16-10-12-17(13-11-16)26-23(28)15-27-14-20(18-6-3-5-9-22(18)27)24(29)19-7-2-4-8-21(19)25/h2-14H,15H2,1H3,(H,26,28). The molecule has 3 aromatic carbocycles. The molecule has 0 atom stereocenters. The first-order valence-corrected chi connectivity index (χ1v) is 9.26. The second-order valence-corrected chi connectivity index (χ2v) is 6.91. The van der Waals surface area contributed by atoms with E-state index in [9.17, 15) is 14.0 Å². The third kappa shape index (κ3) is 3.80. The molecule has 1 N–H and O–H groups in total. The highest BCUT2D eigenvalue weighted by molar-refractivity contribution is 6.16. The van der Waals surface area contributed by atoms with E-state index in [2.05, 4.69) is 5.32 Å². The van der Waals surface area contributed by atoms with Crippen molar-refractivity contribution in [2.45, 2.75) is 13.5 Å². The van der Waals surface area contributed by atoms with Crippen LogP contribution in [0.25, 0.3) is 10.9 Å². The molecule has 0 saturated heterocycles. The Morgan fingerprint density at radius 2 is 1.59 bits per heavy atom. The minimum Gasteiger partial charge on any atom is -0.337 e. The molecule has 0 fully saturated rings. The third-order valence-corrected chi connectivity index (χ3v) is 4.80. The molecule has 0 aliphatic heterocycles. The van der Waals surface area contributed by atoms with E-state index in [1.54, 1.807) is 29.0 Å². The predicted molar refractivity (Wildman–Crippen MR) is 112 cm³/mol. The van der Waals surface area contributed by atoms with Crippen LogP contribution in [-0.4, -0.2) is 16.3 Å². The van der Waals surface area contributed by atoms with Gasteiger partial charge in [0, 0.05) is 28.4 Å². The number of hydrogen-bond donors (Lipinski definition) is 1. The number of hydrogen-bond acceptors (Lipinski definition) is 2. The molecule has 0 spiro atoms. The zero-order valence-electron chi connectivity index (χ0n) is 15.9. The normalized spacial score (nSPS) is 10.8. The van der Waals surface area contributed by atoms with Crippen molar-refractivity contribution in [1.29, 1.82) is 0 Å². The van der Waals surface area contributed by atoms with Crippen LogP contribution in [0.1, 0.15) is 21.5 Å². The number of amides is 1. The van der Waals surface area contributed by atoms with Gasteiger partial charge in [-0.25, -0.2) is 4.39 Å². The molecule has 4 rings (SSSR count). The van der Waals surface area contributed by atoms with E-state index >= 15 is 0 Å². The van der Waals surface area contributed by atoms with Gasteiger partial charge in [0.15, 0.2) is 5.78 Å². The van der Waals surface area contributed by atoms with Crippen molar-refractivity contribution >= 4 is 28.3 Å². The van der Waals surface area contributed by atoms with Crippen LogP contribution in [-0.2, 0) is 11.3 Å². The van der Waals surface area contributed by atoms with Crippen LogP contribution in [0, 0.1) is 12.7 Å². The lowest BCUT2D eigenvalue weighted by Gasteiger charge is -2.07. The number of rotatable bonds is 5. The molecule has 0 unspecified atom stereocenters. The minimum atomic E-state index is -0.563. The summed E-state index contributed by atoms with van der Waals surface area (Å²) in [5.41, 5.74) is 2.94. The summed E-state index contributed by atoms with van der Waals surface area (Å²) in [6, 6.07) is 20.7. The Morgan fingerprint density at radius 1 is 0.897 bits per heavy atom. The van der Waals surface area contributed by atoms with E-state index in [1.165, 1.54) is 12.1 Å². The summed E-state index contributed by atoms with van der Waals surface area (Å²) in [5.74, 6) is -1.18. The lowest BCUT2D eigenvalue weighted by molar-refractivity contribution is -0.116. The second-order valence-electron chi connectivity index (χ2n) is 6.91. The quantitative estimate of drug-likeness (QED) is 0.493. The molecular weight excluding hydrogens is 367 g/mol. The lowest BCUT2D eigenvalue weighted by Crippen LogP contribution is -2.18. The number of nitrogens with one attached hydrogen (secondary N) is 1. The Labute approximate surface area is 167 Å². The number of aromatic nitrogens is 1. The maximum atomic E-state index is 14.1. The third-order valence-electron chi connectivity index (χ3n) is 4.80. The Hall–Kier alpha value is -3.73. The van der Waals surface area contributed by atoms with Crippen LogP contribution in [0.5, 0.6) is 0 Å². The van der Waals surface area contributed by atoms with Crippen molar-refractivity contribution in [3.63, 3.8) is 0 Å². The highest BCUT2D eigenvalue weighted by atomic mass is 19.1. The average molecular weight is 386 g/mol. The smallest absolute Gasteiger partial charge is 0.244 e. The van der Waals surface area contributed by atoms with Gasteiger partial charge < -0.3 is 9.88 Å². The lowest BCUT2D eigenvalue weighted by atomic mass is 10.0. The van der Waals surface area contributed by atoms with Crippen LogP contribution in [0.15, 0.2) is 79.0 Å². The number of nitrogens with zero attached hydrogens (tertiary/aromatic N) is 1. The highest BCUT2D eigenvalue weighted by Gasteiger charge is 2.20. The predicted octanol–water partition coefficient (Wildman–Crippen LogP) is 4.96. The van der Waals surface area contributed by atoms with E-state index in [0.29, 0.717) is 16.6 Å². The maximum absolute atomic E-state index is 14.1. The van der Waals surface area contributed by atoms with E-state index < -0.39 is 11.6 Å². The van der Waals surface area contributed by atoms with Gasteiger partial charge in [-0.3, -0.25) is 9.59 Å². The summed E-state index contributed by atoms with van der Waals surface area (Å²) in [7, 11) is 0. The van der Waals surface area contributed by atoms with E-state index in [4.69, 9.17) is 0 Å². The van der Waals surface area contributed by atoms with Gasteiger partial charge in [-0.2, -0.15) is 0 Å². The van der Waals surface area contributed by atoms with Crippen molar-refractivity contribution < 1.29 is 14.0 Å². The molecular formula is C24H19FN2O2. The average Bonchev–Trinajstić information content (AvgIpc) is 3.08. The first-order chi connectivity index (χ1) is 14.0. The SMILES string of the molecule is Cc1ccc(NC(=O)Cn2cc(C(=O)c3ccccc3F)c3ccccc32)cc1. The van der Waals surface area contributed by atoms with Crippen molar-refractivity contribution in [3.8, 4) is 0 Å². The first-order valence-electron chi connectivity index (χ1n) is 9.26. The first kappa shape index (κ1) is 18.6. The Balaban J connectivity index is 1.65. The fourth-order valence-corrected chi connectivity index (χ4v) is 3.34. The largest absolute Gasteiger partial charge is 0.337 e. The zero-order valence-corrected chi connectivity index (χ0v) is 15.9. The Bertz CT molecular complexity index is 1210. The number of para-hydroxylation sites is 1. The van der Waals surface area contributed by atoms with Gasteiger partial charge in [0.2, 0.25) is 5.91 Å². The summed E-state index contributed by atoms with van der Waals surface area (Å²) >= 11 is 0. The number of benzene rings is 3. The van der Waals surface area contributed by atoms with Gasteiger partial charge in [-0.1, -0.05) is 48.0 Å². The number of aryl methyl sites for hydroxylation is 1. The Kier molecular flexibility index (Phi) is 4.96. The molecule has 0 aliphatic carbocycles. The number of carbonyl (C=O) groups is 2. The summed E-state index contributed by atoms with van der Waals surface area (Å²) in [6.07, 6.45) is 1.62. The maximum Gasteiger partial charge on any atom is 0.244 e. The molecule has 0 aliphatic rings. The molecule has 0 bridgehead atoms. The van der Waals surface area contributed by atoms with Gasteiger partial charge in [0.25, 0.3) is 0 Å². The molecule has 0 saturated carbocycles. The fourth-order valence-electron chi connectivity index (χ4n) is 3.34. The van der Waals surface area contributed by atoms with Crippen LogP contribution in [0.2, 0.25) is 0 Å². The highest BCUT2D eigenvalue weighted by Crippen LogP contribution is 2.25. The van der Waals surface area contributed by atoms with Crippen molar-refractivity contribution in [1.82, 2.24) is 4.57 Å². The fraction of sp³-hybridized carbons (Fsp3) is 0.0833. The van der Waals surface area contributed by atoms with Crippen LogP contribution < -0.4 is 5.32 Å². The van der Waals surface area contributed by atoms with Crippen molar-refractivity contribution in [2.24, 2.45) is 0 Å². The summed E-state index contributed by atoms with van der Waals surface area (Å²) in [5, 5.41) is 3.54. The van der Waals surface area contributed by atoms with E-state index in [0.717, 1.165) is 11.1 Å². The summed E-state index contributed by atoms with van der Waals surface area (Å²) in [4.78, 5) is 25.5. The molecule has 1 heterocycles. The molecule has 144 valence electrons. The van der Waals surface area contributed by atoms with Crippen LogP contribution >= 0.6 is 0 Å². The molecule has 4 aromatic rings. The van der Waals surface area contributed by atoms with Gasteiger partial charge in [0.1, 0.15) is 12.4 Å². The summed E-state index contributed by atoms with van der Waals surface area (Å²) in [6.45, 7) is 2.02. The number of carbonyl (C=O) groups excluding carboxylic acids is 2. The topological polar surface area (TPSA) is 51.1 Å². The molecule has 5 heteroatoms.